The zero-order chi connectivity index (χ0) is 23.8. The maximum atomic E-state index is 12.4. The minimum Gasteiger partial charge on any atom is -0.460 e. The molecule has 0 spiro atoms. The van der Waals surface area contributed by atoms with E-state index in [0.29, 0.717) is 23.2 Å². The number of nitrogens with one attached hydrogen (secondary N) is 2. The lowest BCUT2D eigenvalue weighted by atomic mass is 10.0. The van der Waals surface area contributed by atoms with E-state index in [1.54, 1.807) is 12.5 Å². The number of nitrogens with zero attached hydrogens (tertiary/aromatic N) is 4. The van der Waals surface area contributed by atoms with Gasteiger partial charge in [0, 0.05) is 52.8 Å². The Morgan fingerprint density at radius 2 is 1.97 bits per heavy atom. The predicted molar refractivity (Wildman–Crippen MR) is 135 cm³/mol. The smallest absolute Gasteiger partial charge is 0.367 e. The number of hydrogen-bond acceptors (Lipinski definition) is 8. The number of imidazole rings is 1. The predicted octanol–water partition coefficient (Wildman–Crippen LogP) is 4.50. The molecule has 0 radical (unpaired) electrons. The van der Waals surface area contributed by atoms with Gasteiger partial charge in [-0.05, 0) is 37.3 Å². The van der Waals surface area contributed by atoms with Crippen LogP contribution in [0.1, 0.15) is 15.5 Å². The van der Waals surface area contributed by atoms with Gasteiger partial charge in [0.25, 0.3) is 0 Å². The van der Waals surface area contributed by atoms with Crippen LogP contribution in [0.5, 0.6) is 0 Å². The first-order valence-corrected chi connectivity index (χ1v) is 12.2. The molecule has 1 aliphatic heterocycles. The molecule has 5 aromatic rings. The zero-order valence-corrected chi connectivity index (χ0v) is 19.8. The Morgan fingerprint density at radius 1 is 1.09 bits per heavy atom. The summed E-state index contributed by atoms with van der Waals surface area (Å²) in [4.78, 5) is 33.9. The highest BCUT2D eigenvalue weighted by molar-refractivity contribution is 7.11. The van der Waals surface area contributed by atoms with Gasteiger partial charge in [-0.3, -0.25) is 9.97 Å². The Labute approximate surface area is 205 Å². The lowest BCUT2D eigenvalue weighted by Crippen LogP contribution is -2.44. The van der Waals surface area contributed by atoms with Crippen LogP contribution in [0.2, 0.25) is 0 Å². The summed E-state index contributed by atoms with van der Waals surface area (Å²) in [6.45, 7) is 4.18. The van der Waals surface area contributed by atoms with E-state index in [9.17, 15) is 4.79 Å². The lowest BCUT2D eigenvalue weighted by Gasteiger charge is -2.26. The quantitative estimate of drug-likeness (QED) is 0.343. The van der Waals surface area contributed by atoms with Gasteiger partial charge in [-0.25, -0.2) is 14.8 Å². The van der Waals surface area contributed by atoms with Gasteiger partial charge >= 0.3 is 5.97 Å². The molecule has 5 heterocycles. The molecule has 0 aliphatic carbocycles. The van der Waals surface area contributed by atoms with Gasteiger partial charge in [-0.1, -0.05) is 12.1 Å². The Bertz CT molecular complexity index is 1540. The summed E-state index contributed by atoms with van der Waals surface area (Å²) in [5.74, 6) is 0.0222. The Hall–Kier alpha value is -3.95. The first-order valence-electron chi connectivity index (χ1n) is 11.4. The Balaban J connectivity index is 1.29. The largest absolute Gasteiger partial charge is 0.460 e. The number of esters is 1. The molecule has 4 aromatic heterocycles. The normalized spacial score (nSPS) is 13.6. The first kappa shape index (κ1) is 21.6. The van der Waals surface area contributed by atoms with Crippen LogP contribution in [0, 0.1) is 12.8 Å². The van der Waals surface area contributed by atoms with Crippen molar-refractivity contribution in [3.05, 3.63) is 71.1 Å². The standard InChI is InChI=1S/C26H22N6O2S/c1-15-3-2-4-21(31-15)24-23(29-14-30-24)17-5-6-20-18(7-17)8-19(11-28-20)22-13-35-25(32-22)26(33)34-12-16-9-27-10-16/h2-8,11,13-14,16,27H,9-10,12H2,1H3,(H,29,30). The Morgan fingerprint density at radius 3 is 2.80 bits per heavy atom. The highest BCUT2D eigenvalue weighted by Crippen LogP contribution is 2.31. The zero-order valence-electron chi connectivity index (χ0n) is 19.0. The number of ether oxygens (including phenoxy) is 1. The second kappa shape index (κ2) is 9.01. The third kappa shape index (κ3) is 4.31. The molecule has 35 heavy (non-hydrogen) atoms. The van der Waals surface area contributed by atoms with Crippen LogP contribution in [0.3, 0.4) is 0 Å². The summed E-state index contributed by atoms with van der Waals surface area (Å²) < 4.78 is 5.40. The molecular weight excluding hydrogens is 460 g/mol. The fourth-order valence-corrected chi connectivity index (χ4v) is 4.75. The summed E-state index contributed by atoms with van der Waals surface area (Å²) in [6, 6.07) is 14.0. The van der Waals surface area contributed by atoms with Gasteiger partial charge in [0.15, 0.2) is 0 Å². The summed E-state index contributed by atoms with van der Waals surface area (Å²) in [5, 5.41) is 6.35. The number of aromatic amines is 1. The Kier molecular flexibility index (Phi) is 5.55. The van der Waals surface area contributed by atoms with E-state index in [1.165, 1.54) is 11.3 Å². The molecule has 1 aliphatic rings. The van der Waals surface area contributed by atoms with Crippen molar-refractivity contribution < 1.29 is 9.53 Å². The average Bonchev–Trinajstić information content (AvgIpc) is 3.53. The van der Waals surface area contributed by atoms with Gasteiger partial charge in [0.1, 0.15) is 0 Å². The molecule has 9 heteroatoms. The van der Waals surface area contributed by atoms with Crippen molar-refractivity contribution in [2.45, 2.75) is 6.92 Å². The lowest BCUT2D eigenvalue weighted by molar-refractivity contribution is 0.0397. The fourth-order valence-electron chi connectivity index (χ4n) is 4.03. The van der Waals surface area contributed by atoms with Crippen molar-refractivity contribution in [1.29, 1.82) is 0 Å². The van der Waals surface area contributed by atoms with Crippen LogP contribution in [-0.2, 0) is 4.74 Å². The number of fused-ring (bicyclic) bond motifs is 1. The highest BCUT2D eigenvalue weighted by Gasteiger charge is 2.21. The number of H-pyrrole nitrogens is 1. The number of carbonyl (C=O) groups excluding carboxylic acids is 1. The van der Waals surface area contributed by atoms with Crippen LogP contribution < -0.4 is 5.32 Å². The molecule has 8 nitrogen and oxygen atoms in total. The molecule has 1 fully saturated rings. The van der Waals surface area contributed by atoms with Gasteiger partial charge in [0.05, 0.1) is 41.2 Å². The van der Waals surface area contributed by atoms with Crippen molar-refractivity contribution in [3.63, 3.8) is 0 Å². The number of aryl methyl sites for hydroxylation is 1. The van der Waals surface area contributed by atoms with E-state index >= 15 is 0 Å². The maximum absolute atomic E-state index is 12.4. The van der Waals surface area contributed by atoms with Crippen LogP contribution in [0.4, 0.5) is 0 Å². The van der Waals surface area contributed by atoms with Crippen LogP contribution in [-0.4, -0.2) is 50.6 Å². The minimum atomic E-state index is -0.375. The van der Waals surface area contributed by atoms with Gasteiger partial charge < -0.3 is 15.0 Å². The fraction of sp³-hybridized carbons (Fsp3) is 0.192. The molecule has 1 aromatic carbocycles. The molecule has 0 amide bonds. The van der Waals surface area contributed by atoms with Crippen molar-refractivity contribution >= 4 is 28.2 Å². The number of rotatable bonds is 6. The van der Waals surface area contributed by atoms with E-state index in [1.807, 2.05) is 48.7 Å². The summed E-state index contributed by atoms with van der Waals surface area (Å²) in [6.07, 6.45) is 3.47. The van der Waals surface area contributed by atoms with Crippen LogP contribution >= 0.6 is 11.3 Å². The topological polar surface area (TPSA) is 106 Å². The third-order valence-electron chi connectivity index (χ3n) is 6.03. The summed E-state index contributed by atoms with van der Waals surface area (Å²) in [7, 11) is 0. The van der Waals surface area contributed by atoms with Crippen LogP contribution in [0.25, 0.3) is 44.8 Å². The van der Waals surface area contributed by atoms with Gasteiger partial charge in [-0.2, -0.15) is 0 Å². The van der Waals surface area contributed by atoms with Gasteiger partial charge in [0.2, 0.25) is 5.01 Å². The number of aromatic nitrogens is 5. The van der Waals surface area contributed by atoms with E-state index in [4.69, 9.17) is 4.74 Å². The molecule has 0 atom stereocenters. The molecule has 6 rings (SSSR count). The highest BCUT2D eigenvalue weighted by atomic mass is 32.1. The van der Waals surface area contributed by atoms with E-state index in [2.05, 4.69) is 36.3 Å². The molecule has 2 N–H and O–H groups in total. The van der Waals surface area contributed by atoms with Crippen molar-refractivity contribution in [1.82, 2.24) is 30.2 Å². The average molecular weight is 483 g/mol. The van der Waals surface area contributed by atoms with E-state index < -0.39 is 0 Å². The number of carbonyl (C=O) groups is 1. The number of thiazole rings is 1. The third-order valence-corrected chi connectivity index (χ3v) is 6.85. The SMILES string of the molecule is Cc1cccc(-c2[nH]cnc2-c2ccc3ncc(-c4csc(C(=O)OCC5CNC5)n4)cc3c2)n1. The molecule has 0 saturated carbocycles. The molecule has 0 unspecified atom stereocenters. The second-order valence-electron chi connectivity index (χ2n) is 8.58. The van der Waals surface area contributed by atoms with E-state index in [0.717, 1.165) is 57.9 Å². The first-order chi connectivity index (χ1) is 17.1. The van der Waals surface area contributed by atoms with Crippen molar-refractivity contribution in [3.8, 4) is 33.9 Å². The number of pyridine rings is 2. The number of benzene rings is 1. The molecular formula is C26H22N6O2S. The number of hydrogen-bond donors (Lipinski definition) is 2. The summed E-state index contributed by atoms with van der Waals surface area (Å²) in [5.41, 5.74) is 6.87. The van der Waals surface area contributed by atoms with Crippen molar-refractivity contribution in [2.75, 3.05) is 19.7 Å². The molecule has 174 valence electrons. The maximum Gasteiger partial charge on any atom is 0.367 e. The molecule has 0 bridgehead atoms. The van der Waals surface area contributed by atoms with Crippen LogP contribution in [0.15, 0.2) is 60.4 Å². The summed E-state index contributed by atoms with van der Waals surface area (Å²) >= 11 is 1.29. The van der Waals surface area contributed by atoms with Gasteiger partial charge in [-0.15, -0.1) is 11.3 Å². The molecule has 1 saturated heterocycles. The minimum absolute atomic E-state index is 0.355. The monoisotopic (exact) mass is 482 g/mol. The van der Waals surface area contributed by atoms with E-state index in [-0.39, 0.29) is 5.97 Å². The second-order valence-corrected chi connectivity index (χ2v) is 9.44. The van der Waals surface area contributed by atoms with Crippen molar-refractivity contribution in [2.24, 2.45) is 5.92 Å².